The number of hydrogen-bond acceptors (Lipinski definition) is 5. The van der Waals surface area contributed by atoms with E-state index in [-0.39, 0.29) is 12.2 Å². The van der Waals surface area contributed by atoms with Crippen molar-refractivity contribution < 1.29 is 24.0 Å². The van der Waals surface area contributed by atoms with Gasteiger partial charge in [0.05, 0.1) is 14.2 Å². The zero-order chi connectivity index (χ0) is 14.0. The van der Waals surface area contributed by atoms with Gasteiger partial charge in [0.2, 0.25) is 0 Å². The standard InChI is InChI=1S/C12H14N2O5/c1-18-11(17)13-9-7-12(14(19-2)10(9)16)5-3-8(15)4-6-12/h3-6,9H,7H2,1-2H3,(H,13,17)/t9-/m0/s1. The Labute approximate surface area is 109 Å². The molecule has 2 aliphatic rings. The van der Waals surface area contributed by atoms with Crippen LogP contribution >= 0.6 is 0 Å². The van der Waals surface area contributed by atoms with Crippen molar-refractivity contribution in [2.45, 2.75) is 18.0 Å². The minimum absolute atomic E-state index is 0.154. The Morgan fingerprint density at radius 2 is 2.00 bits per heavy atom. The van der Waals surface area contributed by atoms with Crippen molar-refractivity contribution in [3.63, 3.8) is 0 Å². The summed E-state index contributed by atoms with van der Waals surface area (Å²) in [5, 5.41) is 3.59. The van der Waals surface area contributed by atoms with Gasteiger partial charge in [-0.3, -0.25) is 14.4 Å². The van der Waals surface area contributed by atoms with E-state index in [2.05, 4.69) is 10.1 Å². The summed E-state index contributed by atoms with van der Waals surface area (Å²) >= 11 is 0. The molecule has 2 amide bonds. The number of methoxy groups -OCH3 is 1. The van der Waals surface area contributed by atoms with Gasteiger partial charge >= 0.3 is 6.09 Å². The number of amides is 2. The molecule has 1 spiro atoms. The van der Waals surface area contributed by atoms with Gasteiger partial charge < -0.3 is 10.1 Å². The van der Waals surface area contributed by atoms with E-state index in [0.29, 0.717) is 0 Å². The lowest BCUT2D eigenvalue weighted by Gasteiger charge is -2.31. The second kappa shape index (κ2) is 4.85. The topological polar surface area (TPSA) is 84.9 Å². The van der Waals surface area contributed by atoms with Gasteiger partial charge in [0, 0.05) is 6.42 Å². The van der Waals surface area contributed by atoms with Crippen LogP contribution in [-0.4, -0.2) is 48.6 Å². The molecule has 1 heterocycles. The fourth-order valence-corrected chi connectivity index (χ4v) is 2.25. The maximum Gasteiger partial charge on any atom is 0.407 e. The highest BCUT2D eigenvalue weighted by atomic mass is 16.7. The van der Waals surface area contributed by atoms with Gasteiger partial charge in [-0.2, -0.15) is 0 Å². The number of ketones is 1. The first-order valence-corrected chi connectivity index (χ1v) is 5.67. The van der Waals surface area contributed by atoms with E-state index < -0.39 is 23.6 Å². The fourth-order valence-electron chi connectivity index (χ4n) is 2.25. The highest BCUT2D eigenvalue weighted by Gasteiger charge is 2.50. The molecule has 1 N–H and O–H groups in total. The van der Waals surface area contributed by atoms with Gasteiger partial charge in [-0.1, -0.05) is 0 Å². The molecule has 0 radical (unpaired) electrons. The second-order valence-corrected chi connectivity index (χ2v) is 4.27. The molecule has 102 valence electrons. The molecule has 1 fully saturated rings. The van der Waals surface area contributed by atoms with E-state index in [0.717, 1.165) is 5.06 Å². The molecular weight excluding hydrogens is 252 g/mol. The van der Waals surface area contributed by atoms with Gasteiger partial charge in [0.25, 0.3) is 5.91 Å². The lowest BCUT2D eigenvalue weighted by molar-refractivity contribution is -0.182. The van der Waals surface area contributed by atoms with Crippen molar-refractivity contribution in [1.82, 2.24) is 10.4 Å². The van der Waals surface area contributed by atoms with Crippen molar-refractivity contribution in [2.75, 3.05) is 14.2 Å². The Kier molecular flexibility index (Phi) is 3.39. The van der Waals surface area contributed by atoms with Crippen LogP contribution in [0.4, 0.5) is 4.79 Å². The van der Waals surface area contributed by atoms with Gasteiger partial charge in [0.1, 0.15) is 11.6 Å². The molecule has 1 aliphatic carbocycles. The summed E-state index contributed by atoms with van der Waals surface area (Å²) in [7, 11) is 2.58. The van der Waals surface area contributed by atoms with Gasteiger partial charge in [-0.15, -0.1) is 0 Å². The number of rotatable bonds is 2. The number of carbonyl (C=O) groups excluding carboxylic acids is 3. The average molecular weight is 266 g/mol. The van der Waals surface area contributed by atoms with E-state index in [1.54, 1.807) is 12.2 Å². The number of allylic oxidation sites excluding steroid dienone is 2. The van der Waals surface area contributed by atoms with E-state index in [4.69, 9.17) is 4.84 Å². The molecule has 2 rings (SSSR count). The zero-order valence-electron chi connectivity index (χ0n) is 10.6. The molecule has 0 bridgehead atoms. The summed E-state index contributed by atoms with van der Waals surface area (Å²) in [5.41, 5.74) is -0.842. The summed E-state index contributed by atoms with van der Waals surface area (Å²) in [6.07, 6.45) is 5.52. The summed E-state index contributed by atoms with van der Waals surface area (Å²) in [6, 6.07) is -0.755. The third-order valence-electron chi connectivity index (χ3n) is 3.14. The molecule has 1 saturated heterocycles. The summed E-state index contributed by atoms with van der Waals surface area (Å²) in [4.78, 5) is 39.6. The van der Waals surface area contributed by atoms with Crippen LogP contribution in [0.25, 0.3) is 0 Å². The Morgan fingerprint density at radius 1 is 1.37 bits per heavy atom. The SMILES string of the molecule is COC(=O)N[C@H]1CC2(C=CC(=O)C=C2)N(OC)C1=O. The van der Waals surface area contributed by atoms with Crippen LogP contribution in [0, 0.1) is 0 Å². The first-order chi connectivity index (χ1) is 9.02. The summed E-state index contributed by atoms with van der Waals surface area (Å²) < 4.78 is 4.47. The number of hydrogen-bond donors (Lipinski definition) is 1. The highest BCUT2D eigenvalue weighted by molar-refractivity contribution is 6.01. The highest BCUT2D eigenvalue weighted by Crippen LogP contribution is 2.35. The molecule has 1 aliphatic heterocycles. The lowest BCUT2D eigenvalue weighted by Crippen LogP contribution is -2.44. The van der Waals surface area contributed by atoms with Crippen LogP contribution in [0.5, 0.6) is 0 Å². The van der Waals surface area contributed by atoms with Gasteiger partial charge in [-0.05, 0) is 24.3 Å². The van der Waals surface area contributed by atoms with Gasteiger partial charge in [-0.25, -0.2) is 9.86 Å². The van der Waals surface area contributed by atoms with Crippen LogP contribution in [0.15, 0.2) is 24.3 Å². The van der Waals surface area contributed by atoms with Crippen molar-refractivity contribution >= 4 is 17.8 Å². The lowest BCUT2D eigenvalue weighted by atomic mass is 9.90. The Morgan fingerprint density at radius 3 is 2.53 bits per heavy atom. The van der Waals surface area contributed by atoms with Crippen molar-refractivity contribution in [3.05, 3.63) is 24.3 Å². The van der Waals surface area contributed by atoms with Crippen LogP contribution in [0.3, 0.4) is 0 Å². The molecule has 7 heteroatoms. The normalized spacial score (nSPS) is 24.1. The van der Waals surface area contributed by atoms with Crippen LogP contribution in [-0.2, 0) is 19.2 Å². The Hall–Kier alpha value is -2.15. The smallest absolute Gasteiger partial charge is 0.407 e. The number of carbonyl (C=O) groups is 3. The largest absolute Gasteiger partial charge is 0.453 e. The van der Waals surface area contributed by atoms with E-state index in [9.17, 15) is 14.4 Å². The maximum atomic E-state index is 12.1. The second-order valence-electron chi connectivity index (χ2n) is 4.27. The molecule has 1 atom stereocenters. The average Bonchev–Trinajstić information content (AvgIpc) is 2.66. The first kappa shape index (κ1) is 13.3. The third kappa shape index (κ3) is 2.24. The predicted octanol–water partition coefficient (Wildman–Crippen LogP) is -0.0614. The first-order valence-electron chi connectivity index (χ1n) is 5.67. The Balaban J connectivity index is 2.24. The van der Waals surface area contributed by atoms with Crippen LogP contribution in [0.2, 0.25) is 0 Å². The third-order valence-corrected chi connectivity index (χ3v) is 3.14. The summed E-state index contributed by atoms with van der Waals surface area (Å²) in [5.74, 6) is -0.546. The summed E-state index contributed by atoms with van der Waals surface area (Å²) in [6.45, 7) is 0. The molecule has 0 unspecified atom stereocenters. The van der Waals surface area contributed by atoms with Crippen LogP contribution < -0.4 is 5.32 Å². The maximum absolute atomic E-state index is 12.1. The fraction of sp³-hybridized carbons (Fsp3) is 0.417. The van der Waals surface area contributed by atoms with Crippen molar-refractivity contribution in [2.24, 2.45) is 0 Å². The molecule has 0 saturated carbocycles. The van der Waals surface area contributed by atoms with E-state index in [1.807, 2.05) is 0 Å². The monoisotopic (exact) mass is 266 g/mol. The molecule has 0 aromatic heterocycles. The van der Waals surface area contributed by atoms with Crippen molar-refractivity contribution in [3.8, 4) is 0 Å². The number of nitrogens with zero attached hydrogens (tertiary/aromatic N) is 1. The molecular formula is C12H14N2O5. The zero-order valence-corrected chi connectivity index (χ0v) is 10.6. The van der Waals surface area contributed by atoms with E-state index in [1.165, 1.54) is 26.4 Å². The molecule has 19 heavy (non-hydrogen) atoms. The minimum atomic E-state index is -0.842. The quantitative estimate of drug-likeness (QED) is 0.756. The molecule has 0 aromatic rings. The molecule has 0 aromatic carbocycles. The van der Waals surface area contributed by atoms with Crippen LogP contribution in [0.1, 0.15) is 6.42 Å². The van der Waals surface area contributed by atoms with E-state index >= 15 is 0 Å². The van der Waals surface area contributed by atoms with Gasteiger partial charge in [0.15, 0.2) is 5.78 Å². The number of hydroxylamine groups is 2. The number of ether oxygens (including phenoxy) is 1. The number of alkyl carbamates (subject to hydrolysis) is 1. The minimum Gasteiger partial charge on any atom is -0.453 e. The molecule has 7 nitrogen and oxygen atoms in total. The Bertz CT molecular complexity index is 467. The number of nitrogens with one attached hydrogen (secondary N) is 1. The van der Waals surface area contributed by atoms with Crippen molar-refractivity contribution in [1.29, 1.82) is 0 Å². The predicted molar refractivity (Wildman–Crippen MR) is 63.8 cm³/mol.